The summed E-state index contributed by atoms with van der Waals surface area (Å²) >= 11 is 0. The Hall–Kier alpha value is -0.0800. The zero-order chi connectivity index (χ0) is 7.73. The van der Waals surface area contributed by atoms with Crippen molar-refractivity contribution in [3.8, 4) is 0 Å². The van der Waals surface area contributed by atoms with Crippen molar-refractivity contribution >= 4 is 0 Å². The zero-order valence-corrected chi connectivity index (χ0v) is 7.23. The largest absolute Gasteiger partial charge is 0.378 e. The highest BCUT2D eigenvalue weighted by Crippen LogP contribution is 2.34. The SMILES string of the molecule is CCC1CCC2(CNC2)CO1. The maximum Gasteiger partial charge on any atom is 0.0573 e. The molecule has 2 aliphatic heterocycles. The van der Waals surface area contributed by atoms with Gasteiger partial charge in [-0.2, -0.15) is 0 Å². The van der Waals surface area contributed by atoms with E-state index in [9.17, 15) is 0 Å². The van der Waals surface area contributed by atoms with Crippen LogP contribution in [0.5, 0.6) is 0 Å². The van der Waals surface area contributed by atoms with E-state index in [1.807, 2.05) is 0 Å². The summed E-state index contributed by atoms with van der Waals surface area (Å²) in [7, 11) is 0. The lowest BCUT2D eigenvalue weighted by Crippen LogP contribution is -2.58. The van der Waals surface area contributed by atoms with Gasteiger partial charge in [0.2, 0.25) is 0 Å². The molecule has 64 valence electrons. The molecule has 1 unspecified atom stereocenters. The first-order valence-electron chi connectivity index (χ1n) is 4.67. The van der Waals surface area contributed by atoms with E-state index in [4.69, 9.17) is 4.74 Å². The van der Waals surface area contributed by atoms with Crippen molar-refractivity contribution in [1.29, 1.82) is 0 Å². The highest BCUT2D eigenvalue weighted by atomic mass is 16.5. The van der Waals surface area contributed by atoms with Crippen LogP contribution in [-0.4, -0.2) is 25.8 Å². The van der Waals surface area contributed by atoms with E-state index in [-0.39, 0.29) is 0 Å². The average molecular weight is 155 g/mol. The molecule has 0 radical (unpaired) electrons. The molecule has 2 nitrogen and oxygen atoms in total. The second-order valence-corrected chi connectivity index (χ2v) is 3.98. The monoisotopic (exact) mass is 155 g/mol. The highest BCUT2D eigenvalue weighted by molar-refractivity contribution is 4.94. The van der Waals surface area contributed by atoms with Crippen LogP contribution in [0.25, 0.3) is 0 Å². The van der Waals surface area contributed by atoms with Gasteiger partial charge in [0.25, 0.3) is 0 Å². The number of rotatable bonds is 1. The van der Waals surface area contributed by atoms with Crippen LogP contribution in [0.2, 0.25) is 0 Å². The molecule has 1 atom stereocenters. The van der Waals surface area contributed by atoms with Crippen molar-refractivity contribution < 1.29 is 4.74 Å². The van der Waals surface area contributed by atoms with Crippen LogP contribution in [-0.2, 0) is 4.74 Å². The quantitative estimate of drug-likeness (QED) is 0.613. The molecule has 0 aromatic heterocycles. The number of ether oxygens (including phenoxy) is 1. The molecule has 2 heterocycles. The summed E-state index contributed by atoms with van der Waals surface area (Å²) in [5.41, 5.74) is 0.547. The minimum Gasteiger partial charge on any atom is -0.378 e. The van der Waals surface area contributed by atoms with Crippen molar-refractivity contribution in [2.75, 3.05) is 19.7 Å². The number of hydrogen-bond donors (Lipinski definition) is 1. The van der Waals surface area contributed by atoms with Crippen molar-refractivity contribution in [3.63, 3.8) is 0 Å². The Morgan fingerprint density at radius 3 is 2.73 bits per heavy atom. The van der Waals surface area contributed by atoms with Crippen LogP contribution >= 0.6 is 0 Å². The molecule has 2 rings (SSSR count). The predicted molar refractivity (Wildman–Crippen MR) is 44.6 cm³/mol. The summed E-state index contributed by atoms with van der Waals surface area (Å²) < 4.78 is 5.74. The van der Waals surface area contributed by atoms with E-state index in [1.165, 1.54) is 32.4 Å². The Morgan fingerprint density at radius 2 is 2.36 bits per heavy atom. The molecule has 0 aliphatic carbocycles. The first kappa shape index (κ1) is 7.56. The van der Waals surface area contributed by atoms with Crippen molar-refractivity contribution in [3.05, 3.63) is 0 Å². The van der Waals surface area contributed by atoms with Gasteiger partial charge in [-0.25, -0.2) is 0 Å². The van der Waals surface area contributed by atoms with Crippen LogP contribution in [0, 0.1) is 5.41 Å². The third kappa shape index (κ3) is 1.30. The normalized spacial score (nSPS) is 35.2. The maximum absolute atomic E-state index is 5.74. The van der Waals surface area contributed by atoms with Gasteiger partial charge < -0.3 is 10.1 Å². The first-order valence-corrected chi connectivity index (χ1v) is 4.67. The minimum atomic E-state index is 0.547. The Balaban J connectivity index is 1.84. The Morgan fingerprint density at radius 1 is 1.55 bits per heavy atom. The second kappa shape index (κ2) is 2.76. The molecule has 0 aromatic rings. The molecule has 0 bridgehead atoms. The highest BCUT2D eigenvalue weighted by Gasteiger charge is 2.40. The summed E-state index contributed by atoms with van der Waals surface area (Å²) in [4.78, 5) is 0. The lowest BCUT2D eigenvalue weighted by molar-refractivity contribution is -0.0842. The third-order valence-electron chi connectivity index (χ3n) is 3.08. The van der Waals surface area contributed by atoms with Gasteiger partial charge in [0.15, 0.2) is 0 Å². The van der Waals surface area contributed by atoms with Gasteiger partial charge in [-0.3, -0.25) is 0 Å². The summed E-state index contributed by atoms with van der Waals surface area (Å²) in [6.45, 7) is 5.58. The molecule has 0 amide bonds. The van der Waals surface area contributed by atoms with Crippen molar-refractivity contribution in [2.24, 2.45) is 5.41 Å². The molecule has 0 aromatic carbocycles. The number of hydrogen-bond acceptors (Lipinski definition) is 2. The van der Waals surface area contributed by atoms with E-state index in [1.54, 1.807) is 0 Å². The van der Waals surface area contributed by atoms with Crippen LogP contribution in [0.15, 0.2) is 0 Å². The Kier molecular flexibility index (Phi) is 1.90. The summed E-state index contributed by atoms with van der Waals surface area (Å²) in [6.07, 6.45) is 4.39. The van der Waals surface area contributed by atoms with Gasteiger partial charge in [0.05, 0.1) is 12.7 Å². The summed E-state index contributed by atoms with van der Waals surface area (Å²) in [5.74, 6) is 0. The van der Waals surface area contributed by atoms with Gasteiger partial charge >= 0.3 is 0 Å². The summed E-state index contributed by atoms with van der Waals surface area (Å²) in [6, 6.07) is 0. The van der Waals surface area contributed by atoms with Crippen LogP contribution < -0.4 is 5.32 Å². The van der Waals surface area contributed by atoms with Crippen LogP contribution in [0.4, 0.5) is 0 Å². The Bertz CT molecular complexity index is 132. The summed E-state index contributed by atoms with van der Waals surface area (Å²) in [5, 5.41) is 3.32. The van der Waals surface area contributed by atoms with Crippen LogP contribution in [0.1, 0.15) is 26.2 Å². The molecule has 2 saturated heterocycles. The molecule has 11 heavy (non-hydrogen) atoms. The van der Waals surface area contributed by atoms with E-state index < -0.39 is 0 Å². The van der Waals surface area contributed by atoms with Gasteiger partial charge in [-0.15, -0.1) is 0 Å². The second-order valence-electron chi connectivity index (χ2n) is 3.98. The molecular formula is C9H17NO. The molecule has 2 aliphatic rings. The fourth-order valence-electron chi connectivity index (χ4n) is 2.00. The molecule has 2 fully saturated rings. The van der Waals surface area contributed by atoms with E-state index in [2.05, 4.69) is 12.2 Å². The lowest BCUT2D eigenvalue weighted by Gasteiger charge is -2.47. The lowest BCUT2D eigenvalue weighted by atomic mass is 9.76. The molecule has 0 saturated carbocycles. The Labute approximate surface area is 68.3 Å². The van der Waals surface area contributed by atoms with Gasteiger partial charge in [-0.05, 0) is 19.3 Å². The number of nitrogens with one attached hydrogen (secondary N) is 1. The fourth-order valence-corrected chi connectivity index (χ4v) is 2.00. The topological polar surface area (TPSA) is 21.3 Å². The minimum absolute atomic E-state index is 0.547. The van der Waals surface area contributed by atoms with E-state index in [0.29, 0.717) is 11.5 Å². The van der Waals surface area contributed by atoms with E-state index in [0.717, 1.165) is 6.61 Å². The van der Waals surface area contributed by atoms with E-state index >= 15 is 0 Å². The van der Waals surface area contributed by atoms with Crippen molar-refractivity contribution in [2.45, 2.75) is 32.3 Å². The van der Waals surface area contributed by atoms with Gasteiger partial charge in [0.1, 0.15) is 0 Å². The molecule has 1 spiro atoms. The molecule has 1 N–H and O–H groups in total. The predicted octanol–water partition coefficient (Wildman–Crippen LogP) is 1.17. The third-order valence-corrected chi connectivity index (χ3v) is 3.08. The van der Waals surface area contributed by atoms with Gasteiger partial charge in [0, 0.05) is 18.5 Å². The smallest absolute Gasteiger partial charge is 0.0573 e. The van der Waals surface area contributed by atoms with Gasteiger partial charge in [-0.1, -0.05) is 6.92 Å². The standard InChI is InChI=1S/C9H17NO/c1-2-8-3-4-9(7-11-8)5-10-6-9/h8,10H,2-7H2,1H3. The first-order chi connectivity index (χ1) is 5.35. The van der Waals surface area contributed by atoms with Crippen molar-refractivity contribution in [1.82, 2.24) is 5.32 Å². The molecule has 2 heteroatoms. The maximum atomic E-state index is 5.74. The van der Waals surface area contributed by atoms with Crippen LogP contribution in [0.3, 0.4) is 0 Å². The zero-order valence-electron chi connectivity index (χ0n) is 7.23. The molecular weight excluding hydrogens is 138 g/mol. The fraction of sp³-hybridized carbons (Fsp3) is 1.00. The average Bonchev–Trinajstić information content (AvgIpc) is 2.02.